The van der Waals surface area contributed by atoms with Crippen LogP contribution < -0.4 is 0 Å². The third kappa shape index (κ3) is 4.46. The Bertz CT molecular complexity index is 744. The Morgan fingerprint density at radius 2 is 1.75 bits per heavy atom. The molecule has 2 saturated heterocycles. The first-order chi connectivity index (χ1) is 13.7. The van der Waals surface area contributed by atoms with Gasteiger partial charge in [-0.3, -0.25) is 9.80 Å². The van der Waals surface area contributed by atoms with Crippen molar-refractivity contribution in [3.05, 3.63) is 29.9 Å². The van der Waals surface area contributed by atoms with E-state index >= 15 is 0 Å². The molecule has 2 aliphatic heterocycles. The van der Waals surface area contributed by atoms with E-state index in [-0.39, 0.29) is 0 Å². The van der Waals surface area contributed by atoms with Crippen LogP contribution in [0.4, 0.5) is 0 Å². The molecule has 4 rings (SSSR count). The maximum Gasteiger partial charge on any atom is 0.146 e. The van der Waals surface area contributed by atoms with E-state index in [1.54, 1.807) is 0 Å². The molecule has 0 aromatic carbocycles. The van der Waals surface area contributed by atoms with Crippen molar-refractivity contribution in [3.8, 4) is 0 Å². The zero-order chi connectivity index (χ0) is 19.3. The summed E-state index contributed by atoms with van der Waals surface area (Å²) >= 11 is 0. The maximum atomic E-state index is 4.62. The first-order valence-electron chi connectivity index (χ1n) is 11.1. The van der Waals surface area contributed by atoms with Crippen LogP contribution in [0, 0.1) is 0 Å². The average Bonchev–Trinajstić information content (AvgIpc) is 3.30. The minimum Gasteiger partial charge on any atom is -0.334 e. The Morgan fingerprint density at radius 1 is 0.964 bits per heavy atom. The highest BCUT2D eigenvalue weighted by molar-refractivity contribution is 5.05. The van der Waals surface area contributed by atoms with Crippen LogP contribution in [0.25, 0.3) is 0 Å². The van der Waals surface area contributed by atoms with E-state index in [1.807, 2.05) is 6.20 Å². The summed E-state index contributed by atoms with van der Waals surface area (Å²) in [5.41, 5.74) is 0. The van der Waals surface area contributed by atoms with E-state index in [4.69, 9.17) is 0 Å². The van der Waals surface area contributed by atoms with Crippen molar-refractivity contribution >= 4 is 0 Å². The van der Waals surface area contributed by atoms with E-state index in [0.717, 1.165) is 50.8 Å². The van der Waals surface area contributed by atoms with Crippen molar-refractivity contribution in [2.45, 2.75) is 71.0 Å². The zero-order valence-corrected chi connectivity index (χ0v) is 17.6. The second-order valence-corrected chi connectivity index (χ2v) is 8.48. The fraction of sp³-hybridized carbons (Fsp3) is 0.762. The first kappa shape index (κ1) is 19.6. The summed E-state index contributed by atoms with van der Waals surface area (Å²) in [4.78, 5) is 9.67. The molecule has 7 nitrogen and oxygen atoms in total. The van der Waals surface area contributed by atoms with Gasteiger partial charge in [-0.05, 0) is 51.7 Å². The van der Waals surface area contributed by atoms with Gasteiger partial charge in [0.05, 0.1) is 13.1 Å². The Hall–Kier alpha value is -1.73. The second kappa shape index (κ2) is 9.18. The minimum absolute atomic E-state index is 0.468. The molecule has 1 unspecified atom stereocenters. The largest absolute Gasteiger partial charge is 0.334 e. The lowest BCUT2D eigenvalue weighted by Gasteiger charge is -2.32. The molecule has 0 aliphatic carbocycles. The summed E-state index contributed by atoms with van der Waals surface area (Å²) < 4.78 is 4.56. The van der Waals surface area contributed by atoms with E-state index in [1.165, 1.54) is 51.0 Å². The predicted octanol–water partition coefficient (Wildman–Crippen LogP) is 2.79. The molecule has 4 heterocycles. The fourth-order valence-corrected chi connectivity index (χ4v) is 4.73. The monoisotopic (exact) mass is 385 g/mol. The van der Waals surface area contributed by atoms with Gasteiger partial charge >= 0.3 is 0 Å². The number of hydrogen-bond donors (Lipinski definition) is 0. The van der Waals surface area contributed by atoms with E-state index in [9.17, 15) is 0 Å². The number of piperidine rings is 2. The van der Waals surface area contributed by atoms with Crippen molar-refractivity contribution in [2.75, 3.05) is 26.2 Å². The molecule has 0 saturated carbocycles. The molecule has 2 aromatic rings. The predicted molar refractivity (Wildman–Crippen MR) is 110 cm³/mol. The summed E-state index contributed by atoms with van der Waals surface area (Å²) in [6, 6.07) is 0. The van der Waals surface area contributed by atoms with Crippen molar-refractivity contribution in [3.63, 3.8) is 0 Å². The van der Waals surface area contributed by atoms with Gasteiger partial charge < -0.3 is 9.13 Å². The van der Waals surface area contributed by atoms with Crippen LogP contribution in [0.1, 0.15) is 68.8 Å². The summed E-state index contributed by atoms with van der Waals surface area (Å²) in [6.45, 7) is 9.73. The SMILES string of the molecule is CCCn1ccnc1CN1CCCC(c2nnc(CN3CCCCC3)n2C)C1. The lowest BCUT2D eigenvalue weighted by atomic mass is 9.97. The number of imidazole rings is 1. The average molecular weight is 386 g/mol. The third-order valence-corrected chi connectivity index (χ3v) is 6.31. The highest BCUT2D eigenvalue weighted by atomic mass is 15.3. The van der Waals surface area contributed by atoms with E-state index in [2.05, 4.69) is 54.3 Å². The van der Waals surface area contributed by atoms with E-state index < -0.39 is 0 Å². The molecule has 0 amide bonds. The van der Waals surface area contributed by atoms with Crippen LogP contribution in [0.2, 0.25) is 0 Å². The quantitative estimate of drug-likeness (QED) is 0.734. The van der Waals surface area contributed by atoms with Gasteiger partial charge in [0.1, 0.15) is 17.5 Å². The molecular formula is C21H35N7. The second-order valence-electron chi connectivity index (χ2n) is 8.48. The Morgan fingerprint density at radius 3 is 2.57 bits per heavy atom. The molecule has 154 valence electrons. The summed E-state index contributed by atoms with van der Waals surface area (Å²) in [5, 5.41) is 9.18. The van der Waals surface area contributed by atoms with E-state index in [0.29, 0.717) is 5.92 Å². The number of aromatic nitrogens is 5. The smallest absolute Gasteiger partial charge is 0.146 e. The zero-order valence-electron chi connectivity index (χ0n) is 17.6. The lowest BCUT2D eigenvalue weighted by molar-refractivity contribution is 0.188. The number of aryl methyl sites for hydroxylation is 1. The van der Waals surface area contributed by atoms with Crippen LogP contribution >= 0.6 is 0 Å². The van der Waals surface area contributed by atoms with Gasteiger partial charge in [0.15, 0.2) is 0 Å². The van der Waals surface area contributed by atoms with Crippen LogP contribution in [0.5, 0.6) is 0 Å². The Labute approximate surface area is 168 Å². The lowest BCUT2D eigenvalue weighted by Crippen LogP contribution is -2.35. The van der Waals surface area contributed by atoms with Gasteiger partial charge in [-0.15, -0.1) is 10.2 Å². The van der Waals surface area contributed by atoms with Gasteiger partial charge in [-0.1, -0.05) is 13.3 Å². The van der Waals surface area contributed by atoms with Crippen LogP contribution in [-0.2, 0) is 26.7 Å². The van der Waals surface area contributed by atoms with Crippen LogP contribution in [-0.4, -0.2) is 60.3 Å². The van der Waals surface area contributed by atoms with Crippen molar-refractivity contribution < 1.29 is 0 Å². The van der Waals surface area contributed by atoms with Crippen molar-refractivity contribution in [1.82, 2.24) is 34.1 Å². The molecule has 2 fully saturated rings. The maximum absolute atomic E-state index is 4.62. The Balaban J connectivity index is 1.39. The number of rotatable bonds is 7. The normalized spacial score (nSPS) is 22.0. The van der Waals surface area contributed by atoms with Gasteiger partial charge in [0.25, 0.3) is 0 Å². The highest BCUT2D eigenvalue weighted by Crippen LogP contribution is 2.27. The van der Waals surface area contributed by atoms with Crippen LogP contribution in [0.3, 0.4) is 0 Å². The summed E-state index contributed by atoms with van der Waals surface area (Å²) in [5.74, 6) is 3.93. The molecular weight excluding hydrogens is 350 g/mol. The standard InChI is InChI=1S/C21H35N7/c1-3-10-28-14-9-22-19(28)16-27-13-7-8-18(15-27)21-24-23-20(25(21)2)17-26-11-5-4-6-12-26/h9,14,18H,3-8,10-13,15-17H2,1-2H3. The highest BCUT2D eigenvalue weighted by Gasteiger charge is 2.27. The summed E-state index contributed by atoms with van der Waals surface area (Å²) in [6.07, 6.45) is 11.6. The van der Waals surface area contributed by atoms with Gasteiger partial charge in [0, 0.05) is 38.4 Å². The molecule has 0 bridgehead atoms. The first-order valence-corrected chi connectivity index (χ1v) is 11.1. The molecule has 0 N–H and O–H groups in total. The number of nitrogens with zero attached hydrogens (tertiary/aromatic N) is 7. The number of hydrogen-bond acceptors (Lipinski definition) is 5. The molecule has 0 spiro atoms. The molecule has 0 radical (unpaired) electrons. The molecule has 2 aliphatic rings. The third-order valence-electron chi connectivity index (χ3n) is 6.31. The van der Waals surface area contributed by atoms with Gasteiger partial charge in [-0.2, -0.15) is 0 Å². The van der Waals surface area contributed by atoms with Gasteiger partial charge in [0.2, 0.25) is 0 Å². The molecule has 7 heteroatoms. The molecule has 1 atom stereocenters. The molecule has 2 aromatic heterocycles. The fourth-order valence-electron chi connectivity index (χ4n) is 4.73. The van der Waals surface area contributed by atoms with Crippen molar-refractivity contribution in [1.29, 1.82) is 0 Å². The van der Waals surface area contributed by atoms with Gasteiger partial charge in [-0.25, -0.2) is 4.98 Å². The summed E-state index contributed by atoms with van der Waals surface area (Å²) in [7, 11) is 2.15. The number of likely N-dealkylation sites (tertiary alicyclic amines) is 2. The minimum atomic E-state index is 0.468. The van der Waals surface area contributed by atoms with Crippen LogP contribution in [0.15, 0.2) is 12.4 Å². The molecule has 28 heavy (non-hydrogen) atoms. The van der Waals surface area contributed by atoms with Crippen molar-refractivity contribution in [2.24, 2.45) is 7.05 Å². The Kier molecular flexibility index (Phi) is 6.42. The topological polar surface area (TPSA) is 55.0 Å².